The van der Waals surface area contributed by atoms with Crippen LogP contribution in [0.1, 0.15) is 30.8 Å². The molecule has 0 aliphatic heterocycles. The average Bonchev–Trinajstić information content (AvgIpc) is 3.16. The molecule has 136 valence electrons. The number of H-pyrrole nitrogens is 1. The molecule has 0 spiro atoms. The second-order valence-electron chi connectivity index (χ2n) is 5.99. The maximum Gasteiger partial charge on any atom is 0.271 e. The van der Waals surface area contributed by atoms with Gasteiger partial charge in [0.2, 0.25) is 4.77 Å². The van der Waals surface area contributed by atoms with Gasteiger partial charge in [0.25, 0.3) is 5.95 Å². The molecule has 0 aliphatic carbocycles. The second kappa shape index (κ2) is 7.65. The van der Waals surface area contributed by atoms with Crippen LogP contribution >= 0.6 is 12.2 Å². The summed E-state index contributed by atoms with van der Waals surface area (Å²) in [6, 6.07) is 10.3. The minimum atomic E-state index is 0.420. The van der Waals surface area contributed by atoms with Crippen molar-refractivity contribution in [3.63, 3.8) is 0 Å². The normalized spacial score (nSPS) is 11.4. The molecule has 0 amide bonds. The Balaban J connectivity index is 1.89. The molecule has 0 fully saturated rings. The maximum atomic E-state index is 5.31. The van der Waals surface area contributed by atoms with Gasteiger partial charge >= 0.3 is 0 Å². The molecular formula is C18H23N7S. The molecule has 0 saturated heterocycles. The molecule has 0 radical (unpaired) electrons. The molecule has 0 aliphatic rings. The van der Waals surface area contributed by atoms with E-state index in [1.165, 1.54) is 5.69 Å². The van der Waals surface area contributed by atoms with Crippen molar-refractivity contribution in [2.75, 3.05) is 18.0 Å². The van der Waals surface area contributed by atoms with Gasteiger partial charge in [-0.15, -0.1) is 5.10 Å². The lowest BCUT2D eigenvalue weighted by molar-refractivity contribution is 0.714. The Morgan fingerprint density at radius 2 is 1.88 bits per heavy atom. The van der Waals surface area contributed by atoms with Crippen molar-refractivity contribution >= 4 is 24.1 Å². The van der Waals surface area contributed by atoms with Gasteiger partial charge in [-0.25, -0.2) is 9.78 Å². The van der Waals surface area contributed by atoms with Crippen LogP contribution in [0.3, 0.4) is 0 Å². The molecule has 26 heavy (non-hydrogen) atoms. The Hall–Kier alpha value is -2.74. The standard InChI is InChI=1S/C18H23N7S/c1-5-23(6-2)16-9-7-15(8-10-16)12-19-25-17(20-21-18(25)26)24-14(4)11-13(3)22-24/h7-12H,5-6H2,1-4H3,(H,21,26)/b19-12-. The minimum absolute atomic E-state index is 0.420. The second-order valence-corrected chi connectivity index (χ2v) is 6.37. The number of nitrogens with zero attached hydrogens (tertiary/aromatic N) is 6. The van der Waals surface area contributed by atoms with E-state index in [-0.39, 0.29) is 0 Å². The Morgan fingerprint density at radius 3 is 2.46 bits per heavy atom. The number of hydrogen-bond acceptors (Lipinski definition) is 5. The fraction of sp³-hybridized carbons (Fsp3) is 0.333. The number of hydrogen-bond donors (Lipinski definition) is 1. The molecule has 0 unspecified atom stereocenters. The summed E-state index contributed by atoms with van der Waals surface area (Å²) in [7, 11) is 0. The molecule has 0 bridgehead atoms. The summed E-state index contributed by atoms with van der Waals surface area (Å²) >= 11 is 5.31. The number of anilines is 1. The van der Waals surface area contributed by atoms with Crippen LogP contribution < -0.4 is 4.90 Å². The first kappa shape index (κ1) is 18.1. The van der Waals surface area contributed by atoms with Crippen LogP contribution in [0.5, 0.6) is 0 Å². The quantitative estimate of drug-likeness (QED) is 0.534. The van der Waals surface area contributed by atoms with Crippen LogP contribution in [0, 0.1) is 18.6 Å². The van der Waals surface area contributed by atoms with Crippen LogP contribution in [0.4, 0.5) is 5.69 Å². The van der Waals surface area contributed by atoms with Crippen molar-refractivity contribution in [3.05, 3.63) is 52.1 Å². The summed E-state index contributed by atoms with van der Waals surface area (Å²) in [6.07, 6.45) is 1.77. The summed E-state index contributed by atoms with van der Waals surface area (Å²) in [5, 5.41) is 16.0. The lowest BCUT2D eigenvalue weighted by atomic mass is 10.2. The zero-order chi connectivity index (χ0) is 18.7. The number of aromatic amines is 1. The van der Waals surface area contributed by atoms with Crippen LogP contribution in [0.25, 0.3) is 5.95 Å². The first-order chi connectivity index (χ1) is 12.5. The molecule has 7 nitrogen and oxygen atoms in total. The van der Waals surface area contributed by atoms with E-state index in [1.807, 2.05) is 32.0 Å². The van der Waals surface area contributed by atoms with Gasteiger partial charge in [-0.05, 0) is 63.7 Å². The molecule has 8 heteroatoms. The highest BCUT2D eigenvalue weighted by atomic mass is 32.1. The van der Waals surface area contributed by atoms with Gasteiger partial charge in [-0.3, -0.25) is 0 Å². The van der Waals surface area contributed by atoms with Gasteiger partial charge in [0, 0.05) is 24.5 Å². The number of benzene rings is 1. The van der Waals surface area contributed by atoms with Crippen LogP contribution in [-0.4, -0.2) is 44.0 Å². The van der Waals surface area contributed by atoms with Crippen molar-refractivity contribution in [1.82, 2.24) is 24.7 Å². The van der Waals surface area contributed by atoms with E-state index in [0.29, 0.717) is 10.7 Å². The summed E-state index contributed by atoms with van der Waals surface area (Å²) in [5.41, 5.74) is 4.08. The highest BCUT2D eigenvalue weighted by Crippen LogP contribution is 2.14. The summed E-state index contributed by atoms with van der Waals surface area (Å²) < 4.78 is 3.72. The fourth-order valence-corrected chi connectivity index (χ4v) is 3.01. The highest BCUT2D eigenvalue weighted by molar-refractivity contribution is 7.71. The molecule has 1 aromatic carbocycles. The van der Waals surface area contributed by atoms with Gasteiger partial charge in [0.15, 0.2) is 0 Å². The number of aryl methyl sites for hydroxylation is 2. The molecule has 3 aromatic rings. The van der Waals surface area contributed by atoms with Crippen molar-refractivity contribution in [1.29, 1.82) is 0 Å². The van der Waals surface area contributed by atoms with Gasteiger partial charge in [0.05, 0.1) is 11.9 Å². The Bertz CT molecular complexity index is 958. The van der Waals surface area contributed by atoms with Crippen LogP contribution in [-0.2, 0) is 0 Å². The lowest BCUT2D eigenvalue weighted by Gasteiger charge is -2.20. The third kappa shape index (κ3) is 3.60. The maximum absolute atomic E-state index is 5.31. The highest BCUT2D eigenvalue weighted by Gasteiger charge is 2.11. The zero-order valence-electron chi connectivity index (χ0n) is 15.5. The van der Waals surface area contributed by atoms with Crippen molar-refractivity contribution in [3.8, 4) is 5.95 Å². The predicted octanol–water partition coefficient (Wildman–Crippen LogP) is 3.47. The Kier molecular flexibility index (Phi) is 5.32. The van der Waals surface area contributed by atoms with Gasteiger partial charge in [-0.1, -0.05) is 12.1 Å². The van der Waals surface area contributed by atoms with Gasteiger partial charge in [0.1, 0.15) is 0 Å². The van der Waals surface area contributed by atoms with Crippen molar-refractivity contribution < 1.29 is 0 Å². The number of aromatic nitrogens is 5. The molecule has 0 atom stereocenters. The Labute approximate surface area is 158 Å². The van der Waals surface area contributed by atoms with E-state index in [2.05, 4.69) is 51.3 Å². The Morgan fingerprint density at radius 1 is 1.19 bits per heavy atom. The van der Waals surface area contributed by atoms with E-state index in [4.69, 9.17) is 12.2 Å². The SMILES string of the molecule is CCN(CC)c1ccc(/C=N\n2c(-n3nc(C)cc3C)n[nH]c2=S)cc1. The first-order valence-electron chi connectivity index (χ1n) is 8.64. The van der Waals surface area contributed by atoms with E-state index in [1.54, 1.807) is 15.6 Å². The molecule has 1 N–H and O–H groups in total. The van der Waals surface area contributed by atoms with E-state index in [0.717, 1.165) is 30.0 Å². The third-order valence-electron chi connectivity index (χ3n) is 4.18. The van der Waals surface area contributed by atoms with E-state index < -0.39 is 0 Å². The summed E-state index contributed by atoms with van der Waals surface area (Å²) in [4.78, 5) is 2.30. The number of nitrogens with one attached hydrogen (secondary N) is 1. The van der Waals surface area contributed by atoms with Crippen molar-refractivity contribution in [2.45, 2.75) is 27.7 Å². The molecular weight excluding hydrogens is 346 g/mol. The molecule has 2 heterocycles. The predicted molar refractivity (Wildman–Crippen MR) is 107 cm³/mol. The zero-order valence-corrected chi connectivity index (χ0v) is 16.3. The number of rotatable bonds is 6. The topological polar surface area (TPSA) is 67.0 Å². The fourth-order valence-electron chi connectivity index (χ4n) is 2.84. The van der Waals surface area contributed by atoms with E-state index in [9.17, 15) is 0 Å². The monoisotopic (exact) mass is 369 g/mol. The average molecular weight is 369 g/mol. The summed E-state index contributed by atoms with van der Waals surface area (Å²) in [6.45, 7) is 10.2. The van der Waals surface area contributed by atoms with Gasteiger partial charge in [-0.2, -0.15) is 14.9 Å². The van der Waals surface area contributed by atoms with Crippen molar-refractivity contribution in [2.24, 2.45) is 5.10 Å². The lowest BCUT2D eigenvalue weighted by Crippen LogP contribution is -2.21. The molecule has 2 aromatic heterocycles. The minimum Gasteiger partial charge on any atom is -0.372 e. The molecule has 3 rings (SSSR count). The van der Waals surface area contributed by atoms with E-state index >= 15 is 0 Å². The third-order valence-corrected chi connectivity index (χ3v) is 4.44. The van der Waals surface area contributed by atoms with Crippen LogP contribution in [0.15, 0.2) is 35.4 Å². The first-order valence-corrected chi connectivity index (χ1v) is 9.04. The van der Waals surface area contributed by atoms with Crippen LogP contribution in [0.2, 0.25) is 0 Å². The molecule has 0 saturated carbocycles. The summed E-state index contributed by atoms with van der Waals surface area (Å²) in [5.74, 6) is 0.539. The smallest absolute Gasteiger partial charge is 0.271 e. The van der Waals surface area contributed by atoms with Gasteiger partial charge < -0.3 is 4.90 Å². The largest absolute Gasteiger partial charge is 0.372 e.